The standard InChI is InChI=1S/C24H35NO2/c1-17(18-10-8-7-9-11-18)25(22(26)27-23(2,3)4)15-14-19-12-13-20-16-21(19)24(20,5)6/h7-12,17,20-21H,13-16H2,1-6H3/t17-,20+,21+/m1/s1. The molecule has 3 aliphatic rings. The van der Waals surface area contributed by atoms with Crippen LogP contribution in [0, 0.1) is 17.3 Å². The number of carbonyl (C=O) groups is 1. The minimum atomic E-state index is -0.487. The van der Waals surface area contributed by atoms with Gasteiger partial charge >= 0.3 is 6.09 Å². The SMILES string of the molecule is C[C@H](c1ccccc1)N(CCC1=CC[C@H]2C[C@@H]1C2(C)C)C(=O)OC(C)(C)C. The van der Waals surface area contributed by atoms with Gasteiger partial charge in [-0.3, -0.25) is 0 Å². The fourth-order valence-electron chi connectivity index (χ4n) is 4.68. The van der Waals surface area contributed by atoms with Crippen molar-refractivity contribution in [3.63, 3.8) is 0 Å². The van der Waals surface area contributed by atoms with E-state index in [-0.39, 0.29) is 12.1 Å². The number of ether oxygens (including phenoxy) is 1. The first-order valence-corrected chi connectivity index (χ1v) is 10.3. The average molecular weight is 370 g/mol. The van der Waals surface area contributed by atoms with Gasteiger partial charge in [-0.2, -0.15) is 0 Å². The number of carbonyl (C=O) groups excluding carboxylic acids is 1. The highest BCUT2D eigenvalue weighted by atomic mass is 16.6. The van der Waals surface area contributed by atoms with Gasteiger partial charge in [-0.25, -0.2) is 4.79 Å². The second kappa shape index (κ2) is 7.33. The molecule has 27 heavy (non-hydrogen) atoms. The summed E-state index contributed by atoms with van der Waals surface area (Å²) in [5, 5.41) is 0. The molecule has 0 radical (unpaired) electrons. The van der Waals surface area contributed by atoms with Crippen molar-refractivity contribution in [2.75, 3.05) is 6.54 Å². The van der Waals surface area contributed by atoms with E-state index in [1.165, 1.54) is 18.4 Å². The second-order valence-electron chi connectivity index (χ2n) is 9.83. The summed E-state index contributed by atoms with van der Waals surface area (Å²) in [4.78, 5) is 14.9. The first-order chi connectivity index (χ1) is 12.6. The van der Waals surface area contributed by atoms with Crippen LogP contribution in [0.5, 0.6) is 0 Å². The lowest BCUT2D eigenvalue weighted by Crippen LogP contribution is -2.48. The van der Waals surface area contributed by atoms with Crippen LogP contribution in [0.4, 0.5) is 4.79 Å². The number of hydrogen-bond donors (Lipinski definition) is 0. The third kappa shape index (κ3) is 4.23. The van der Waals surface area contributed by atoms with E-state index in [9.17, 15) is 4.79 Å². The number of benzene rings is 1. The molecule has 0 aliphatic heterocycles. The summed E-state index contributed by atoms with van der Waals surface area (Å²) in [7, 11) is 0. The molecule has 1 aromatic rings. The Bertz CT molecular complexity index is 699. The van der Waals surface area contributed by atoms with Gasteiger partial charge in [0.05, 0.1) is 6.04 Å². The highest BCUT2D eigenvalue weighted by Gasteiger charge is 2.50. The van der Waals surface area contributed by atoms with Gasteiger partial charge in [0, 0.05) is 6.54 Å². The molecule has 1 aromatic carbocycles. The van der Waals surface area contributed by atoms with Gasteiger partial charge in [0.15, 0.2) is 0 Å². The largest absolute Gasteiger partial charge is 0.444 e. The van der Waals surface area contributed by atoms with Gasteiger partial charge in [-0.15, -0.1) is 0 Å². The molecule has 0 aromatic heterocycles. The molecule has 3 heteroatoms. The van der Waals surface area contributed by atoms with Crippen molar-refractivity contribution in [1.29, 1.82) is 0 Å². The van der Waals surface area contributed by atoms with Crippen LogP contribution in [-0.2, 0) is 4.74 Å². The number of fused-ring (bicyclic) bond motifs is 1. The molecule has 1 fully saturated rings. The van der Waals surface area contributed by atoms with Gasteiger partial charge in [0.25, 0.3) is 0 Å². The number of nitrogens with zero attached hydrogens (tertiary/aromatic N) is 1. The van der Waals surface area contributed by atoms with Gasteiger partial charge < -0.3 is 9.64 Å². The van der Waals surface area contributed by atoms with Crippen molar-refractivity contribution in [1.82, 2.24) is 4.90 Å². The van der Waals surface area contributed by atoms with Crippen LogP contribution in [0.1, 0.15) is 72.4 Å². The summed E-state index contributed by atoms with van der Waals surface area (Å²) < 4.78 is 5.73. The van der Waals surface area contributed by atoms with E-state index < -0.39 is 5.60 Å². The van der Waals surface area contributed by atoms with Crippen molar-refractivity contribution in [2.45, 2.75) is 72.4 Å². The summed E-state index contributed by atoms with van der Waals surface area (Å²) in [5.41, 5.74) is 2.62. The van der Waals surface area contributed by atoms with Crippen molar-refractivity contribution in [3.8, 4) is 0 Å². The normalized spacial score (nSPS) is 24.4. The van der Waals surface area contributed by atoms with Crippen LogP contribution < -0.4 is 0 Å². The number of allylic oxidation sites excluding steroid dienone is 1. The summed E-state index contributed by atoms with van der Waals surface area (Å²) in [6, 6.07) is 10.2. The molecule has 0 saturated heterocycles. The molecule has 4 rings (SSSR count). The van der Waals surface area contributed by atoms with E-state index in [0.29, 0.717) is 17.9 Å². The zero-order valence-electron chi connectivity index (χ0n) is 17.8. The number of rotatable bonds is 5. The molecular weight excluding hydrogens is 334 g/mol. The lowest BCUT2D eigenvalue weighted by Gasteiger charge is -2.56. The Morgan fingerprint density at radius 2 is 1.93 bits per heavy atom. The zero-order valence-corrected chi connectivity index (χ0v) is 17.8. The fourth-order valence-corrected chi connectivity index (χ4v) is 4.68. The van der Waals surface area contributed by atoms with Crippen LogP contribution >= 0.6 is 0 Å². The summed E-state index contributed by atoms with van der Waals surface area (Å²) in [6.45, 7) is 13.4. The molecule has 3 aliphatic carbocycles. The number of hydrogen-bond acceptors (Lipinski definition) is 2. The zero-order chi connectivity index (χ0) is 19.8. The minimum absolute atomic E-state index is 0.00705. The van der Waals surface area contributed by atoms with Crippen LogP contribution in [0.3, 0.4) is 0 Å². The van der Waals surface area contributed by atoms with E-state index in [4.69, 9.17) is 4.74 Å². The smallest absolute Gasteiger partial charge is 0.410 e. The lowest BCUT2D eigenvalue weighted by molar-refractivity contribution is -0.0105. The van der Waals surface area contributed by atoms with E-state index >= 15 is 0 Å². The molecule has 2 bridgehead atoms. The van der Waals surface area contributed by atoms with Gasteiger partial charge in [0.1, 0.15) is 5.60 Å². The quantitative estimate of drug-likeness (QED) is 0.565. The molecule has 3 nitrogen and oxygen atoms in total. The Kier molecular flexibility index (Phi) is 5.42. The third-order valence-electron chi connectivity index (χ3n) is 6.60. The van der Waals surface area contributed by atoms with Crippen molar-refractivity contribution < 1.29 is 9.53 Å². The maximum Gasteiger partial charge on any atom is 0.410 e. The molecule has 1 amide bonds. The topological polar surface area (TPSA) is 29.5 Å². The first kappa shape index (κ1) is 20.0. The first-order valence-electron chi connectivity index (χ1n) is 10.3. The van der Waals surface area contributed by atoms with Gasteiger partial charge in [-0.1, -0.05) is 55.8 Å². The second-order valence-corrected chi connectivity index (χ2v) is 9.83. The molecule has 1 saturated carbocycles. The van der Waals surface area contributed by atoms with Gasteiger partial charge in [-0.05, 0) is 69.8 Å². The van der Waals surface area contributed by atoms with Crippen LogP contribution in [-0.4, -0.2) is 23.1 Å². The van der Waals surface area contributed by atoms with Crippen LogP contribution in [0.2, 0.25) is 0 Å². The van der Waals surface area contributed by atoms with E-state index in [1.807, 2.05) is 43.9 Å². The molecule has 148 valence electrons. The Morgan fingerprint density at radius 1 is 1.26 bits per heavy atom. The highest BCUT2D eigenvalue weighted by molar-refractivity contribution is 5.69. The minimum Gasteiger partial charge on any atom is -0.444 e. The Morgan fingerprint density at radius 3 is 2.48 bits per heavy atom. The van der Waals surface area contributed by atoms with E-state index in [2.05, 4.69) is 39.0 Å². The summed E-state index contributed by atoms with van der Waals surface area (Å²) in [5.74, 6) is 1.53. The van der Waals surface area contributed by atoms with Crippen molar-refractivity contribution >= 4 is 6.09 Å². The average Bonchev–Trinajstić information content (AvgIpc) is 2.61. The maximum atomic E-state index is 12.9. The molecule has 0 N–H and O–H groups in total. The molecule has 0 spiro atoms. The van der Waals surface area contributed by atoms with E-state index in [0.717, 1.165) is 17.9 Å². The van der Waals surface area contributed by atoms with Crippen molar-refractivity contribution in [2.24, 2.45) is 17.3 Å². The predicted molar refractivity (Wildman–Crippen MR) is 110 cm³/mol. The molecule has 0 unspecified atom stereocenters. The summed E-state index contributed by atoms with van der Waals surface area (Å²) >= 11 is 0. The molecular formula is C24H35NO2. The van der Waals surface area contributed by atoms with Crippen molar-refractivity contribution in [3.05, 3.63) is 47.5 Å². The maximum absolute atomic E-state index is 12.9. The Balaban J connectivity index is 1.74. The third-order valence-corrected chi connectivity index (χ3v) is 6.60. The molecule has 3 atom stereocenters. The van der Waals surface area contributed by atoms with Gasteiger partial charge in [0.2, 0.25) is 0 Å². The van der Waals surface area contributed by atoms with Crippen LogP contribution in [0.25, 0.3) is 0 Å². The Hall–Kier alpha value is -1.77. The summed E-state index contributed by atoms with van der Waals surface area (Å²) in [6.07, 6.45) is 5.67. The monoisotopic (exact) mass is 369 g/mol. The molecule has 0 heterocycles. The lowest BCUT2D eigenvalue weighted by atomic mass is 9.48. The Labute approximate surface area is 164 Å². The number of amides is 1. The fraction of sp³-hybridized carbons (Fsp3) is 0.625. The van der Waals surface area contributed by atoms with E-state index in [1.54, 1.807) is 0 Å². The van der Waals surface area contributed by atoms with Crippen LogP contribution in [0.15, 0.2) is 42.0 Å². The predicted octanol–water partition coefficient (Wildman–Crippen LogP) is 6.37. The highest BCUT2D eigenvalue weighted by Crippen LogP contribution is 2.59.